The number of hydrogen-bond acceptors (Lipinski definition) is 5. The maximum absolute atomic E-state index is 5.87. The van der Waals surface area contributed by atoms with Gasteiger partial charge in [-0.1, -0.05) is 17.7 Å². The highest BCUT2D eigenvalue weighted by atomic mass is 35.5. The van der Waals surface area contributed by atoms with Crippen molar-refractivity contribution in [3.63, 3.8) is 0 Å². The number of halogens is 1. The minimum Gasteiger partial charge on any atom is -0.316 e. The van der Waals surface area contributed by atoms with Gasteiger partial charge in [0.2, 0.25) is 0 Å². The third kappa shape index (κ3) is 2.89. The highest BCUT2D eigenvalue weighted by Gasteiger charge is 2.05. The topological polar surface area (TPSA) is 50.7 Å². The number of nitrogens with zero attached hydrogens (tertiary/aromatic N) is 3. The Hall–Kier alpha value is -1.98. The lowest BCUT2D eigenvalue weighted by Crippen LogP contribution is -1.91. The van der Waals surface area contributed by atoms with Gasteiger partial charge in [0.15, 0.2) is 5.13 Å². The van der Waals surface area contributed by atoms with Crippen molar-refractivity contribution in [1.82, 2.24) is 15.0 Å². The lowest BCUT2D eigenvalue weighted by atomic mass is 10.2. The Balaban J connectivity index is 1.84. The first-order valence-corrected chi connectivity index (χ1v) is 6.82. The molecule has 94 valence electrons. The molecule has 3 aromatic heterocycles. The molecule has 3 heterocycles. The molecule has 0 aromatic carbocycles. The summed E-state index contributed by atoms with van der Waals surface area (Å²) in [6.07, 6.45) is 3.41. The van der Waals surface area contributed by atoms with E-state index in [0.29, 0.717) is 5.15 Å². The number of anilines is 2. The van der Waals surface area contributed by atoms with Crippen molar-refractivity contribution < 1.29 is 0 Å². The summed E-state index contributed by atoms with van der Waals surface area (Å²) in [4.78, 5) is 12.6. The molecule has 0 fully saturated rings. The number of aromatic nitrogens is 3. The van der Waals surface area contributed by atoms with E-state index in [1.54, 1.807) is 18.5 Å². The third-order valence-corrected chi connectivity index (χ3v) is 3.39. The fourth-order valence-corrected chi connectivity index (χ4v) is 2.47. The molecular weight excluding hydrogens is 280 g/mol. The summed E-state index contributed by atoms with van der Waals surface area (Å²) < 4.78 is 0. The van der Waals surface area contributed by atoms with Gasteiger partial charge >= 0.3 is 0 Å². The van der Waals surface area contributed by atoms with Gasteiger partial charge in [0.25, 0.3) is 0 Å². The second-order valence-corrected chi connectivity index (χ2v) is 4.99. The predicted octanol–water partition coefficient (Wildman–Crippen LogP) is 4.00. The van der Waals surface area contributed by atoms with Gasteiger partial charge in [-0.2, -0.15) is 0 Å². The van der Waals surface area contributed by atoms with Crippen molar-refractivity contribution in [3.8, 4) is 11.3 Å². The highest BCUT2D eigenvalue weighted by Crippen LogP contribution is 2.27. The van der Waals surface area contributed by atoms with Gasteiger partial charge in [-0.05, 0) is 24.3 Å². The number of thiazole rings is 1. The molecule has 0 saturated heterocycles. The average Bonchev–Trinajstić information content (AvgIpc) is 2.88. The summed E-state index contributed by atoms with van der Waals surface area (Å²) >= 11 is 7.39. The van der Waals surface area contributed by atoms with E-state index < -0.39 is 0 Å². The van der Waals surface area contributed by atoms with E-state index in [0.717, 1.165) is 22.2 Å². The van der Waals surface area contributed by atoms with Crippen LogP contribution in [0.3, 0.4) is 0 Å². The van der Waals surface area contributed by atoms with Crippen LogP contribution in [0.4, 0.5) is 10.9 Å². The smallest absolute Gasteiger partial charge is 0.188 e. The van der Waals surface area contributed by atoms with Crippen molar-refractivity contribution in [2.75, 3.05) is 5.32 Å². The predicted molar refractivity (Wildman–Crippen MR) is 77.9 cm³/mol. The van der Waals surface area contributed by atoms with Crippen molar-refractivity contribution in [2.24, 2.45) is 0 Å². The molecule has 0 unspecified atom stereocenters. The van der Waals surface area contributed by atoms with E-state index in [4.69, 9.17) is 11.6 Å². The van der Waals surface area contributed by atoms with Crippen LogP contribution >= 0.6 is 22.9 Å². The monoisotopic (exact) mass is 288 g/mol. The summed E-state index contributed by atoms with van der Waals surface area (Å²) in [6.45, 7) is 0. The molecule has 0 spiro atoms. The fraction of sp³-hybridized carbons (Fsp3) is 0. The van der Waals surface area contributed by atoms with Crippen molar-refractivity contribution in [3.05, 3.63) is 53.3 Å². The van der Waals surface area contributed by atoms with Crippen LogP contribution < -0.4 is 5.32 Å². The Morgan fingerprint density at radius 1 is 1.11 bits per heavy atom. The number of rotatable bonds is 3. The van der Waals surface area contributed by atoms with Crippen LogP contribution in [0.1, 0.15) is 0 Å². The zero-order valence-electron chi connectivity index (χ0n) is 9.75. The maximum Gasteiger partial charge on any atom is 0.188 e. The van der Waals surface area contributed by atoms with E-state index in [-0.39, 0.29) is 0 Å². The van der Waals surface area contributed by atoms with E-state index in [9.17, 15) is 0 Å². The van der Waals surface area contributed by atoms with E-state index in [1.807, 2.05) is 29.6 Å². The lowest BCUT2D eigenvalue weighted by molar-refractivity contribution is 1.28. The van der Waals surface area contributed by atoms with Gasteiger partial charge < -0.3 is 5.32 Å². The highest BCUT2D eigenvalue weighted by molar-refractivity contribution is 7.14. The first kappa shape index (κ1) is 12.1. The number of hydrogen-bond donors (Lipinski definition) is 1. The summed E-state index contributed by atoms with van der Waals surface area (Å²) in [6, 6.07) is 9.36. The Labute approximate surface area is 119 Å². The molecule has 3 aromatic rings. The van der Waals surface area contributed by atoms with Crippen LogP contribution in [0.15, 0.2) is 48.1 Å². The van der Waals surface area contributed by atoms with Gasteiger partial charge in [-0.15, -0.1) is 11.3 Å². The van der Waals surface area contributed by atoms with Gasteiger partial charge in [-0.3, -0.25) is 0 Å². The molecule has 0 aliphatic rings. The van der Waals surface area contributed by atoms with E-state index >= 15 is 0 Å². The molecule has 0 amide bonds. The molecular formula is C13H9ClN4S. The zero-order chi connectivity index (χ0) is 13.1. The van der Waals surface area contributed by atoms with Crippen LogP contribution in [-0.2, 0) is 0 Å². The van der Waals surface area contributed by atoms with Crippen LogP contribution in [0.2, 0.25) is 5.15 Å². The lowest BCUT2D eigenvalue weighted by Gasteiger charge is -2.00. The Bertz CT molecular complexity index is 684. The number of nitrogens with one attached hydrogen (secondary N) is 1. The van der Waals surface area contributed by atoms with Crippen molar-refractivity contribution in [2.45, 2.75) is 0 Å². The average molecular weight is 289 g/mol. The molecule has 1 N–H and O–H groups in total. The second-order valence-electron chi connectivity index (χ2n) is 3.75. The van der Waals surface area contributed by atoms with Gasteiger partial charge in [0, 0.05) is 23.3 Å². The Morgan fingerprint density at radius 2 is 2.05 bits per heavy atom. The second kappa shape index (κ2) is 5.34. The normalized spacial score (nSPS) is 10.4. The maximum atomic E-state index is 5.87. The molecule has 6 heteroatoms. The molecule has 0 aliphatic carbocycles. The summed E-state index contributed by atoms with van der Waals surface area (Å²) in [7, 11) is 0. The van der Waals surface area contributed by atoms with Crippen LogP contribution in [0.5, 0.6) is 0 Å². The Kier molecular flexibility index (Phi) is 3.39. The van der Waals surface area contributed by atoms with Crippen LogP contribution in [0.25, 0.3) is 11.3 Å². The minimum absolute atomic E-state index is 0.463. The molecule has 0 saturated carbocycles. The SMILES string of the molecule is Clc1cc(-c2csc(Nc3ccccn3)n2)ccn1. The standard InChI is InChI=1S/C13H9ClN4S/c14-11-7-9(4-6-15-11)10-8-19-13(17-10)18-12-3-1-2-5-16-12/h1-8H,(H,16,17,18). The summed E-state index contributed by atoms with van der Waals surface area (Å²) in [5, 5.41) is 6.38. The van der Waals surface area contributed by atoms with Gasteiger partial charge in [0.1, 0.15) is 11.0 Å². The van der Waals surface area contributed by atoms with Crippen molar-refractivity contribution >= 4 is 33.9 Å². The molecule has 0 bridgehead atoms. The summed E-state index contributed by atoms with van der Waals surface area (Å²) in [5.74, 6) is 0.774. The molecule has 0 atom stereocenters. The third-order valence-electron chi connectivity index (χ3n) is 2.43. The molecule has 0 aliphatic heterocycles. The molecule has 4 nitrogen and oxygen atoms in total. The quantitative estimate of drug-likeness (QED) is 0.740. The first-order valence-electron chi connectivity index (χ1n) is 5.57. The zero-order valence-corrected chi connectivity index (χ0v) is 11.3. The Morgan fingerprint density at radius 3 is 2.84 bits per heavy atom. The van der Waals surface area contributed by atoms with E-state index in [1.165, 1.54) is 11.3 Å². The summed E-state index contributed by atoms with van der Waals surface area (Å²) in [5.41, 5.74) is 1.82. The fourth-order valence-electron chi connectivity index (χ4n) is 1.57. The van der Waals surface area contributed by atoms with Crippen LogP contribution in [-0.4, -0.2) is 15.0 Å². The van der Waals surface area contributed by atoms with E-state index in [2.05, 4.69) is 20.3 Å². The number of pyridine rings is 2. The largest absolute Gasteiger partial charge is 0.316 e. The molecule has 3 rings (SSSR count). The first-order chi connectivity index (χ1) is 9.31. The van der Waals surface area contributed by atoms with Crippen LogP contribution in [0, 0.1) is 0 Å². The minimum atomic E-state index is 0.463. The van der Waals surface area contributed by atoms with Crippen molar-refractivity contribution in [1.29, 1.82) is 0 Å². The molecule has 0 radical (unpaired) electrons. The van der Waals surface area contributed by atoms with Gasteiger partial charge in [-0.25, -0.2) is 15.0 Å². The molecule has 19 heavy (non-hydrogen) atoms. The van der Waals surface area contributed by atoms with Gasteiger partial charge in [0.05, 0.1) is 5.69 Å².